The Labute approximate surface area is 90.6 Å². The zero-order valence-electron chi connectivity index (χ0n) is 9.32. The average Bonchev–Trinajstić information content (AvgIpc) is 2.13. The molecule has 1 unspecified atom stereocenters. The highest BCUT2D eigenvalue weighted by Gasteiger charge is 2.25. The Morgan fingerprint density at radius 1 is 1.60 bits per heavy atom. The zero-order chi connectivity index (χ0) is 11.9. The number of Topliss-reactive ketones (excluding diaryl/α,β-unsaturated/α-hetero) is 1. The van der Waals surface area contributed by atoms with E-state index in [2.05, 4.69) is 16.4 Å². The van der Waals surface area contributed by atoms with Crippen molar-refractivity contribution in [1.82, 2.24) is 0 Å². The van der Waals surface area contributed by atoms with Crippen molar-refractivity contribution in [3.63, 3.8) is 0 Å². The third-order valence-electron chi connectivity index (χ3n) is 1.82. The van der Waals surface area contributed by atoms with Gasteiger partial charge in [-0.25, -0.2) is 0 Å². The molecule has 0 bridgehead atoms. The Balaban J connectivity index is 4.21. The number of carbonyl (C=O) groups excluding carboxylic acids is 1. The zero-order valence-corrected chi connectivity index (χ0v) is 10.2. The standard InChI is InChI=1S/C10H17O4P/c1-4-6-7-9(3)10(11)8-15(12,13)14-5-2/h9H,5,7-8H2,1-3H3,(H,12,13). The van der Waals surface area contributed by atoms with E-state index in [4.69, 9.17) is 0 Å². The number of hydrogen-bond donors (Lipinski definition) is 1. The molecule has 5 heteroatoms. The van der Waals surface area contributed by atoms with Gasteiger partial charge in [0, 0.05) is 12.3 Å². The van der Waals surface area contributed by atoms with Crippen LogP contribution in [0.3, 0.4) is 0 Å². The monoisotopic (exact) mass is 232 g/mol. The topological polar surface area (TPSA) is 63.6 Å². The van der Waals surface area contributed by atoms with Crippen LogP contribution in [0.1, 0.15) is 27.2 Å². The minimum absolute atomic E-state index is 0.129. The highest BCUT2D eigenvalue weighted by atomic mass is 31.2. The molecule has 1 N–H and O–H groups in total. The lowest BCUT2D eigenvalue weighted by molar-refractivity contribution is -0.120. The normalized spacial score (nSPS) is 16.0. The molecule has 2 atom stereocenters. The van der Waals surface area contributed by atoms with Gasteiger partial charge in [0.15, 0.2) is 0 Å². The fraction of sp³-hybridized carbons (Fsp3) is 0.700. The van der Waals surface area contributed by atoms with E-state index in [1.165, 1.54) is 0 Å². The van der Waals surface area contributed by atoms with Crippen LogP contribution < -0.4 is 0 Å². The number of ketones is 1. The molecule has 0 amide bonds. The van der Waals surface area contributed by atoms with Gasteiger partial charge in [0.25, 0.3) is 0 Å². The molecule has 0 radical (unpaired) electrons. The van der Waals surface area contributed by atoms with E-state index in [-0.39, 0.29) is 18.3 Å². The minimum Gasteiger partial charge on any atom is -0.324 e. The van der Waals surface area contributed by atoms with Crippen molar-refractivity contribution < 1.29 is 18.8 Å². The van der Waals surface area contributed by atoms with Gasteiger partial charge in [-0.2, -0.15) is 0 Å². The molecule has 0 saturated carbocycles. The molecule has 0 spiro atoms. The first-order valence-corrected chi connectivity index (χ1v) is 6.58. The maximum atomic E-state index is 11.5. The molecule has 0 aliphatic carbocycles. The maximum absolute atomic E-state index is 11.5. The predicted octanol–water partition coefficient (Wildman–Crippen LogP) is 1.83. The summed E-state index contributed by atoms with van der Waals surface area (Å²) in [7, 11) is -3.73. The lowest BCUT2D eigenvalue weighted by Crippen LogP contribution is -2.15. The van der Waals surface area contributed by atoms with E-state index in [0.717, 1.165) is 0 Å². The van der Waals surface area contributed by atoms with Gasteiger partial charge in [0.2, 0.25) is 0 Å². The summed E-state index contributed by atoms with van der Waals surface area (Å²) in [5, 5.41) is 0. The van der Waals surface area contributed by atoms with Crippen molar-refractivity contribution in [3.8, 4) is 11.8 Å². The van der Waals surface area contributed by atoms with Crippen LogP contribution in [0.2, 0.25) is 0 Å². The first-order chi connectivity index (χ1) is 6.93. The van der Waals surface area contributed by atoms with Gasteiger partial charge in [0.05, 0.1) is 6.61 Å². The Morgan fingerprint density at radius 2 is 2.20 bits per heavy atom. The van der Waals surface area contributed by atoms with E-state index < -0.39 is 13.8 Å². The predicted molar refractivity (Wildman–Crippen MR) is 58.6 cm³/mol. The van der Waals surface area contributed by atoms with Crippen LogP contribution >= 0.6 is 7.60 Å². The summed E-state index contributed by atoms with van der Waals surface area (Å²) in [6.45, 7) is 5.12. The summed E-state index contributed by atoms with van der Waals surface area (Å²) in [5.74, 6) is 4.84. The van der Waals surface area contributed by atoms with Crippen molar-refractivity contribution in [2.24, 2.45) is 5.92 Å². The lowest BCUT2D eigenvalue weighted by atomic mass is 10.0. The van der Waals surface area contributed by atoms with E-state index in [1.54, 1.807) is 20.8 Å². The summed E-state index contributed by atoms with van der Waals surface area (Å²) in [6.07, 6.45) is -0.00510. The van der Waals surface area contributed by atoms with Gasteiger partial charge in [-0.1, -0.05) is 6.92 Å². The van der Waals surface area contributed by atoms with Crippen LogP contribution in [-0.2, 0) is 13.9 Å². The molecule has 0 aromatic rings. The molecule has 86 valence electrons. The molecule has 0 fully saturated rings. The molecule has 0 aliphatic heterocycles. The quantitative estimate of drug-likeness (QED) is 0.560. The van der Waals surface area contributed by atoms with Crippen molar-refractivity contribution >= 4 is 13.4 Å². The van der Waals surface area contributed by atoms with Gasteiger partial charge in [-0.3, -0.25) is 9.36 Å². The van der Waals surface area contributed by atoms with Gasteiger partial charge in [0.1, 0.15) is 11.9 Å². The summed E-state index contributed by atoms with van der Waals surface area (Å²) >= 11 is 0. The molecule has 0 heterocycles. The van der Waals surface area contributed by atoms with Crippen molar-refractivity contribution in [2.45, 2.75) is 27.2 Å². The Morgan fingerprint density at radius 3 is 2.67 bits per heavy atom. The SMILES string of the molecule is CC#CCC(C)C(=O)C[P@](=O)(O)OCC. The summed E-state index contributed by atoms with van der Waals surface area (Å²) in [4.78, 5) is 20.7. The van der Waals surface area contributed by atoms with Crippen molar-refractivity contribution in [3.05, 3.63) is 0 Å². The van der Waals surface area contributed by atoms with Gasteiger partial charge in [-0.05, 0) is 13.8 Å². The molecule has 0 aromatic carbocycles. The summed E-state index contributed by atoms with van der Waals surface area (Å²) < 4.78 is 15.9. The Bertz CT molecular complexity index is 313. The third kappa shape index (κ3) is 6.46. The molecule has 0 rings (SSSR count). The largest absolute Gasteiger partial charge is 0.335 e. The second-order valence-electron chi connectivity index (χ2n) is 3.21. The minimum atomic E-state index is -3.73. The van der Waals surface area contributed by atoms with Crippen molar-refractivity contribution in [2.75, 3.05) is 12.8 Å². The van der Waals surface area contributed by atoms with Crippen molar-refractivity contribution in [1.29, 1.82) is 0 Å². The van der Waals surface area contributed by atoms with E-state index in [9.17, 15) is 14.3 Å². The number of carbonyl (C=O) groups is 1. The molecule has 0 aromatic heterocycles. The molecule has 15 heavy (non-hydrogen) atoms. The van der Waals surface area contributed by atoms with Gasteiger partial charge in [-0.15, -0.1) is 11.8 Å². The first kappa shape index (κ1) is 14.4. The number of hydrogen-bond acceptors (Lipinski definition) is 3. The van der Waals surface area contributed by atoms with Crippen LogP contribution in [0, 0.1) is 17.8 Å². The maximum Gasteiger partial charge on any atom is 0.335 e. The van der Waals surface area contributed by atoms with Crippen LogP contribution in [0.25, 0.3) is 0 Å². The third-order valence-corrected chi connectivity index (χ3v) is 3.19. The summed E-state index contributed by atoms with van der Waals surface area (Å²) in [5.41, 5.74) is 0. The fourth-order valence-electron chi connectivity index (χ4n) is 0.969. The van der Waals surface area contributed by atoms with E-state index >= 15 is 0 Å². The summed E-state index contributed by atoms with van der Waals surface area (Å²) in [6, 6.07) is 0. The Hall–Kier alpha value is -0.620. The number of rotatable bonds is 6. The first-order valence-electron chi connectivity index (χ1n) is 4.81. The van der Waals surface area contributed by atoms with Crippen LogP contribution in [-0.4, -0.2) is 23.4 Å². The smallest absolute Gasteiger partial charge is 0.324 e. The highest BCUT2D eigenvalue weighted by Crippen LogP contribution is 2.42. The van der Waals surface area contributed by atoms with Crippen LogP contribution in [0.15, 0.2) is 0 Å². The van der Waals surface area contributed by atoms with Crippen LogP contribution in [0.4, 0.5) is 0 Å². The molecule has 0 aliphatic rings. The molecular weight excluding hydrogens is 215 g/mol. The van der Waals surface area contributed by atoms with Gasteiger partial charge >= 0.3 is 7.60 Å². The molecular formula is C10H17O4P. The fourth-order valence-corrected chi connectivity index (χ4v) is 2.17. The lowest BCUT2D eigenvalue weighted by Gasteiger charge is -2.12. The molecule has 4 nitrogen and oxygen atoms in total. The second kappa shape index (κ2) is 6.79. The van der Waals surface area contributed by atoms with Crippen LogP contribution in [0.5, 0.6) is 0 Å². The van der Waals surface area contributed by atoms with Gasteiger partial charge < -0.3 is 9.42 Å². The van der Waals surface area contributed by atoms with E-state index in [0.29, 0.717) is 6.42 Å². The highest BCUT2D eigenvalue weighted by molar-refractivity contribution is 7.53. The average molecular weight is 232 g/mol. The Kier molecular flexibility index (Phi) is 6.51. The molecule has 0 saturated heterocycles. The van der Waals surface area contributed by atoms with E-state index in [1.807, 2.05) is 0 Å². The second-order valence-corrected chi connectivity index (χ2v) is 5.06.